The fraction of sp³-hybridized carbons (Fsp3) is 0.0566. The van der Waals surface area contributed by atoms with Gasteiger partial charge in [0, 0.05) is 43.6 Å². The van der Waals surface area contributed by atoms with E-state index in [4.69, 9.17) is 0 Å². The molecule has 11 rings (SSSR count). The van der Waals surface area contributed by atoms with Crippen LogP contribution in [0.1, 0.15) is 25.0 Å². The molecule has 1 aliphatic carbocycles. The van der Waals surface area contributed by atoms with Crippen LogP contribution in [0, 0.1) is 0 Å². The largest absolute Gasteiger partial charge is 0.310 e. The number of fused-ring (bicyclic) bond motifs is 8. The number of benzene rings is 8. The summed E-state index contributed by atoms with van der Waals surface area (Å²) in [5, 5.41) is 2.61. The zero-order chi connectivity index (χ0) is 37.4. The molecule has 2 aromatic heterocycles. The lowest BCUT2D eigenvalue weighted by molar-refractivity contribution is 0.660. The van der Waals surface area contributed by atoms with Crippen molar-refractivity contribution in [1.29, 1.82) is 0 Å². The standard InChI is InChI=1S/C53H38N2S/c1-53(2)47-33-38(37-25-31-49-46(32-37)52-51(45-20-12-13-21-50(45)56-52)55(49)40-18-10-5-11-19-40)24-29-43(47)44-30-28-42(34-48(44)53)54(39-16-8-4-9-17-39)41-26-22-36(23-27-41)35-14-6-3-7-15-35/h3-34H,1-2H3. The lowest BCUT2D eigenvalue weighted by Gasteiger charge is -2.28. The van der Waals surface area contributed by atoms with Gasteiger partial charge in [-0.05, 0) is 117 Å². The zero-order valence-corrected chi connectivity index (χ0v) is 32.1. The van der Waals surface area contributed by atoms with Crippen molar-refractivity contribution < 1.29 is 0 Å². The van der Waals surface area contributed by atoms with E-state index in [-0.39, 0.29) is 5.41 Å². The van der Waals surface area contributed by atoms with Gasteiger partial charge in [-0.25, -0.2) is 0 Å². The van der Waals surface area contributed by atoms with Gasteiger partial charge < -0.3 is 9.47 Å². The Bertz CT molecular complexity index is 3080. The van der Waals surface area contributed by atoms with Gasteiger partial charge in [-0.15, -0.1) is 11.3 Å². The minimum Gasteiger partial charge on any atom is -0.310 e. The number of thiophene rings is 1. The fourth-order valence-corrected chi connectivity index (χ4v) is 10.2. The molecule has 56 heavy (non-hydrogen) atoms. The van der Waals surface area contributed by atoms with Crippen LogP contribution in [-0.4, -0.2) is 4.57 Å². The monoisotopic (exact) mass is 734 g/mol. The van der Waals surface area contributed by atoms with E-state index in [2.05, 4.69) is 217 Å². The van der Waals surface area contributed by atoms with Crippen molar-refractivity contribution in [3.8, 4) is 39.1 Å². The summed E-state index contributed by atoms with van der Waals surface area (Å²) in [5.41, 5.74) is 17.3. The van der Waals surface area contributed by atoms with Gasteiger partial charge in [0.1, 0.15) is 0 Å². The predicted molar refractivity (Wildman–Crippen MR) is 239 cm³/mol. The number of hydrogen-bond acceptors (Lipinski definition) is 2. The first-order valence-electron chi connectivity index (χ1n) is 19.3. The molecule has 0 unspecified atom stereocenters. The summed E-state index contributed by atoms with van der Waals surface area (Å²) in [6.07, 6.45) is 0. The van der Waals surface area contributed by atoms with Crippen molar-refractivity contribution in [2.75, 3.05) is 4.90 Å². The van der Waals surface area contributed by atoms with Gasteiger partial charge in [-0.2, -0.15) is 0 Å². The van der Waals surface area contributed by atoms with Gasteiger partial charge in [0.2, 0.25) is 0 Å². The van der Waals surface area contributed by atoms with Gasteiger partial charge in [-0.1, -0.05) is 135 Å². The molecule has 266 valence electrons. The molecule has 0 spiro atoms. The van der Waals surface area contributed by atoms with Crippen LogP contribution in [0.4, 0.5) is 17.1 Å². The van der Waals surface area contributed by atoms with Gasteiger partial charge in [0.15, 0.2) is 0 Å². The van der Waals surface area contributed by atoms with Crippen molar-refractivity contribution in [3.05, 3.63) is 205 Å². The maximum Gasteiger partial charge on any atom is 0.0727 e. The Labute approximate surface area is 331 Å². The second-order valence-electron chi connectivity index (χ2n) is 15.4. The summed E-state index contributed by atoms with van der Waals surface area (Å²) in [6, 6.07) is 71.1. The number of para-hydroxylation sites is 2. The summed E-state index contributed by atoms with van der Waals surface area (Å²) in [5.74, 6) is 0. The van der Waals surface area contributed by atoms with Crippen LogP contribution in [0.2, 0.25) is 0 Å². The van der Waals surface area contributed by atoms with E-state index in [1.54, 1.807) is 0 Å². The quantitative estimate of drug-likeness (QED) is 0.165. The second kappa shape index (κ2) is 12.7. The zero-order valence-electron chi connectivity index (χ0n) is 31.3. The van der Waals surface area contributed by atoms with Crippen molar-refractivity contribution >= 4 is 59.6 Å². The highest BCUT2D eigenvalue weighted by atomic mass is 32.1. The Balaban J connectivity index is 0.998. The van der Waals surface area contributed by atoms with Gasteiger partial charge >= 0.3 is 0 Å². The van der Waals surface area contributed by atoms with Crippen LogP contribution >= 0.6 is 11.3 Å². The Morgan fingerprint density at radius 3 is 1.77 bits per heavy atom. The summed E-state index contributed by atoms with van der Waals surface area (Å²) < 4.78 is 5.11. The molecule has 0 amide bonds. The number of anilines is 3. The van der Waals surface area contributed by atoms with Gasteiger partial charge in [0.25, 0.3) is 0 Å². The van der Waals surface area contributed by atoms with E-state index in [0.717, 1.165) is 17.1 Å². The van der Waals surface area contributed by atoms with Crippen LogP contribution < -0.4 is 4.90 Å². The van der Waals surface area contributed by atoms with E-state index in [9.17, 15) is 0 Å². The van der Waals surface area contributed by atoms with Crippen LogP contribution in [0.25, 0.3) is 70.3 Å². The molecule has 0 atom stereocenters. The first-order valence-corrected chi connectivity index (χ1v) is 20.2. The summed E-state index contributed by atoms with van der Waals surface area (Å²) in [7, 11) is 0. The van der Waals surface area contributed by atoms with Crippen LogP contribution in [0.5, 0.6) is 0 Å². The van der Waals surface area contributed by atoms with Crippen molar-refractivity contribution in [2.45, 2.75) is 19.3 Å². The smallest absolute Gasteiger partial charge is 0.0727 e. The number of rotatable bonds is 6. The molecule has 2 nitrogen and oxygen atoms in total. The third-order valence-corrected chi connectivity index (χ3v) is 13.0. The molecule has 0 fully saturated rings. The molecule has 0 saturated heterocycles. The normalized spacial score (nSPS) is 13.0. The number of hydrogen-bond donors (Lipinski definition) is 0. The molecule has 8 aromatic carbocycles. The number of aromatic nitrogens is 1. The van der Waals surface area contributed by atoms with Crippen LogP contribution in [-0.2, 0) is 5.41 Å². The molecule has 0 aliphatic heterocycles. The molecule has 0 radical (unpaired) electrons. The highest BCUT2D eigenvalue weighted by molar-refractivity contribution is 7.26. The molecule has 0 saturated carbocycles. The molecule has 10 aromatic rings. The van der Waals surface area contributed by atoms with E-state index in [0.29, 0.717) is 0 Å². The first-order chi connectivity index (χ1) is 27.5. The third kappa shape index (κ3) is 5.08. The second-order valence-corrected chi connectivity index (χ2v) is 16.4. The van der Waals surface area contributed by atoms with E-state index < -0.39 is 0 Å². The van der Waals surface area contributed by atoms with Crippen molar-refractivity contribution in [2.24, 2.45) is 0 Å². The lowest BCUT2D eigenvalue weighted by Crippen LogP contribution is -2.16. The van der Waals surface area contributed by atoms with E-state index in [1.807, 2.05) is 11.3 Å². The van der Waals surface area contributed by atoms with E-state index >= 15 is 0 Å². The highest BCUT2D eigenvalue weighted by Gasteiger charge is 2.36. The summed E-state index contributed by atoms with van der Waals surface area (Å²) in [6.45, 7) is 4.77. The topological polar surface area (TPSA) is 8.17 Å². The van der Waals surface area contributed by atoms with Gasteiger partial charge in [0.05, 0.1) is 15.7 Å². The molecule has 0 bridgehead atoms. The lowest BCUT2D eigenvalue weighted by atomic mass is 9.81. The minimum absolute atomic E-state index is 0.185. The Hall–Kier alpha value is -6.68. The third-order valence-electron chi connectivity index (χ3n) is 11.8. The number of nitrogens with zero attached hydrogens (tertiary/aromatic N) is 2. The van der Waals surface area contributed by atoms with Crippen LogP contribution in [0.3, 0.4) is 0 Å². The predicted octanol–water partition coefficient (Wildman–Crippen LogP) is 15.1. The van der Waals surface area contributed by atoms with Crippen LogP contribution in [0.15, 0.2) is 194 Å². The highest BCUT2D eigenvalue weighted by Crippen LogP contribution is 2.52. The Morgan fingerprint density at radius 1 is 0.446 bits per heavy atom. The SMILES string of the molecule is CC1(C)c2cc(-c3ccc4c(c3)c3sc5ccccc5c3n4-c3ccccc3)ccc2-c2ccc(N(c3ccccc3)c3ccc(-c4ccccc4)cc3)cc21. The minimum atomic E-state index is -0.185. The molecule has 1 aliphatic rings. The average molecular weight is 735 g/mol. The fourth-order valence-electron chi connectivity index (χ4n) is 9.00. The molecular weight excluding hydrogens is 697 g/mol. The van der Waals surface area contributed by atoms with Crippen molar-refractivity contribution in [3.63, 3.8) is 0 Å². The average Bonchev–Trinajstić information content (AvgIpc) is 3.86. The summed E-state index contributed by atoms with van der Waals surface area (Å²) in [4.78, 5) is 2.38. The molecule has 0 N–H and O–H groups in total. The van der Waals surface area contributed by atoms with Gasteiger partial charge in [-0.3, -0.25) is 0 Å². The first kappa shape index (κ1) is 32.7. The maximum atomic E-state index is 2.45. The maximum absolute atomic E-state index is 2.45. The molecule has 3 heteroatoms. The Morgan fingerprint density at radius 2 is 1.00 bits per heavy atom. The van der Waals surface area contributed by atoms with E-state index in [1.165, 1.54) is 81.4 Å². The Kier molecular flexibility index (Phi) is 7.42. The van der Waals surface area contributed by atoms with Crippen molar-refractivity contribution in [1.82, 2.24) is 4.57 Å². The molecule has 2 heterocycles. The summed E-state index contributed by atoms with van der Waals surface area (Å²) >= 11 is 1.90. The molecular formula is C53H38N2S.